The molecular weight excluding hydrogens is 200 g/mol. The third-order valence-corrected chi connectivity index (χ3v) is 3.01. The molecule has 2 N–H and O–H groups in total. The maximum absolute atomic E-state index is 9.71. The summed E-state index contributed by atoms with van der Waals surface area (Å²) >= 11 is 0. The molecular formula is C14H26O2. The fourth-order valence-electron chi connectivity index (χ4n) is 1.22. The molecule has 0 saturated carbocycles. The van der Waals surface area contributed by atoms with E-state index in [1.165, 1.54) is 0 Å². The van der Waals surface area contributed by atoms with Crippen LogP contribution in [0.15, 0.2) is 0 Å². The van der Waals surface area contributed by atoms with Crippen LogP contribution in [0.25, 0.3) is 0 Å². The first kappa shape index (κ1) is 15.5. The van der Waals surface area contributed by atoms with E-state index in [1.54, 1.807) is 6.92 Å². The average Bonchev–Trinajstić information content (AvgIpc) is 2.10. The summed E-state index contributed by atoms with van der Waals surface area (Å²) in [5, 5.41) is 18.8. The molecule has 0 aliphatic rings. The number of hydrogen-bond donors (Lipinski definition) is 2. The Labute approximate surface area is 100 Å². The van der Waals surface area contributed by atoms with Crippen LogP contribution in [0.2, 0.25) is 0 Å². The summed E-state index contributed by atoms with van der Waals surface area (Å²) < 4.78 is 0. The van der Waals surface area contributed by atoms with Crippen LogP contribution in [-0.4, -0.2) is 22.4 Å². The summed E-state index contributed by atoms with van der Waals surface area (Å²) in [6.07, 6.45) is 1.20. The van der Waals surface area contributed by atoms with E-state index in [1.807, 2.05) is 0 Å². The molecule has 0 aliphatic carbocycles. The molecule has 0 fully saturated rings. The van der Waals surface area contributed by atoms with E-state index in [9.17, 15) is 5.11 Å². The maximum atomic E-state index is 9.71. The second kappa shape index (κ2) is 6.93. The van der Waals surface area contributed by atoms with Crippen LogP contribution >= 0.6 is 0 Å². The minimum absolute atomic E-state index is 0.211. The lowest BCUT2D eigenvalue weighted by molar-refractivity contribution is 0.149. The third kappa shape index (κ3) is 7.73. The van der Waals surface area contributed by atoms with Crippen molar-refractivity contribution in [2.45, 2.75) is 66.1 Å². The first-order valence-electron chi connectivity index (χ1n) is 6.08. The van der Waals surface area contributed by atoms with E-state index in [-0.39, 0.29) is 11.5 Å². The summed E-state index contributed by atoms with van der Waals surface area (Å²) in [5.74, 6) is 6.19. The topological polar surface area (TPSA) is 40.5 Å². The Bertz CT molecular complexity index is 240. The van der Waals surface area contributed by atoms with Crippen LogP contribution in [0, 0.1) is 23.2 Å². The zero-order valence-electron chi connectivity index (χ0n) is 11.2. The highest BCUT2D eigenvalue weighted by Gasteiger charge is 2.21. The van der Waals surface area contributed by atoms with E-state index < -0.39 is 6.10 Å². The van der Waals surface area contributed by atoms with Gasteiger partial charge in [0.15, 0.2) is 0 Å². The zero-order chi connectivity index (χ0) is 12.8. The van der Waals surface area contributed by atoms with Gasteiger partial charge in [0.05, 0.1) is 6.10 Å². The van der Waals surface area contributed by atoms with Crippen molar-refractivity contribution >= 4 is 0 Å². The van der Waals surface area contributed by atoms with Crippen LogP contribution in [0.3, 0.4) is 0 Å². The first-order valence-corrected chi connectivity index (χ1v) is 6.08. The van der Waals surface area contributed by atoms with Gasteiger partial charge in [-0.25, -0.2) is 0 Å². The second-order valence-electron chi connectivity index (χ2n) is 5.73. The molecule has 2 heteroatoms. The quantitative estimate of drug-likeness (QED) is 0.723. The summed E-state index contributed by atoms with van der Waals surface area (Å²) in [6.45, 7) is 10.4. The van der Waals surface area contributed by atoms with Crippen molar-refractivity contribution < 1.29 is 10.2 Å². The number of rotatable bonds is 4. The Kier molecular flexibility index (Phi) is 6.71. The highest BCUT2D eigenvalue weighted by molar-refractivity contribution is 5.05. The molecule has 0 spiro atoms. The minimum Gasteiger partial charge on any atom is -0.393 e. The van der Waals surface area contributed by atoms with Crippen molar-refractivity contribution in [1.29, 1.82) is 0 Å². The van der Waals surface area contributed by atoms with Crippen LogP contribution in [0.1, 0.15) is 53.9 Å². The lowest BCUT2D eigenvalue weighted by Crippen LogP contribution is -2.22. The normalized spacial score (nSPS) is 17.2. The Morgan fingerprint density at radius 3 is 2.12 bits per heavy atom. The summed E-state index contributed by atoms with van der Waals surface area (Å²) in [5.41, 5.74) is 0.211. The molecule has 0 aromatic heterocycles. The van der Waals surface area contributed by atoms with E-state index in [4.69, 9.17) is 5.11 Å². The van der Waals surface area contributed by atoms with Gasteiger partial charge in [0.2, 0.25) is 0 Å². The highest BCUT2D eigenvalue weighted by atomic mass is 16.3. The molecule has 0 amide bonds. The molecule has 0 saturated heterocycles. The van der Waals surface area contributed by atoms with Gasteiger partial charge in [0.1, 0.15) is 6.10 Å². The fraction of sp³-hybridized carbons (Fsp3) is 0.857. The SMILES string of the molecule is CC(O)CCC#CC(O)CC(C)C(C)(C)C. The number of aliphatic hydroxyl groups is 2. The monoisotopic (exact) mass is 226 g/mol. The van der Waals surface area contributed by atoms with Crippen LogP contribution in [0.4, 0.5) is 0 Å². The van der Waals surface area contributed by atoms with Crippen molar-refractivity contribution in [1.82, 2.24) is 0 Å². The van der Waals surface area contributed by atoms with Gasteiger partial charge < -0.3 is 10.2 Å². The Hall–Kier alpha value is -0.520. The minimum atomic E-state index is -0.539. The van der Waals surface area contributed by atoms with Gasteiger partial charge in [-0.1, -0.05) is 33.6 Å². The van der Waals surface area contributed by atoms with Crippen molar-refractivity contribution in [2.24, 2.45) is 11.3 Å². The van der Waals surface area contributed by atoms with Gasteiger partial charge in [0.25, 0.3) is 0 Å². The summed E-state index contributed by atoms with van der Waals surface area (Å²) in [7, 11) is 0. The fourth-order valence-corrected chi connectivity index (χ4v) is 1.22. The molecule has 0 aromatic rings. The van der Waals surface area contributed by atoms with Gasteiger partial charge in [0, 0.05) is 6.42 Å². The van der Waals surface area contributed by atoms with Crippen molar-refractivity contribution in [3.8, 4) is 11.8 Å². The summed E-state index contributed by atoms with van der Waals surface area (Å²) in [4.78, 5) is 0. The molecule has 0 aliphatic heterocycles. The predicted molar refractivity (Wildman–Crippen MR) is 67.9 cm³/mol. The molecule has 2 nitrogen and oxygen atoms in total. The molecule has 16 heavy (non-hydrogen) atoms. The maximum Gasteiger partial charge on any atom is 0.115 e. The van der Waals surface area contributed by atoms with Crippen molar-refractivity contribution in [2.75, 3.05) is 0 Å². The smallest absolute Gasteiger partial charge is 0.115 e. The predicted octanol–water partition coefficient (Wildman–Crippen LogP) is 2.58. The molecule has 3 unspecified atom stereocenters. The van der Waals surface area contributed by atoms with Crippen LogP contribution in [-0.2, 0) is 0 Å². The van der Waals surface area contributed by atoms with Gasteiger partial charge in [-0.3, -0.25) is 0 Å². The highest BCUT2D eigenvalue weighted by Crippen LogP contribution is 2.28. The lowest BCUT2D eigenvalue weighted by atomic mass is 9.79. The van der Waals surface area contributed by atoms with Crippen LogP contribution in [0.5, 0.6) is 0 Å². The number of hydrogen-bond acceptors (Lipinski definition) is 2. The van der Waals surface area contributed by atoms with Crippen molar-refractivity contribution in [3.63, 3.8) is 0 Å². The van der Waals surface area contributed by atoms with Gasteiger partial charge >= 0.3 is 0 Å². The van der Waals surface area contributed by atoms with E-state index >= 15 is 0 Å². The molecule has 0 radical (unpaired) electrons. The Morgan fingerprint density at radius 1 is 1.12 bits per heavy atom. The number of aliphatic hydroxyl groups excluding tert-OH is 2. The van der Waals surface area contributed by atoms with E-state index in [0.29, 0.717) is 25.2 Å². The first-order chi connectivity index (χ1) is 7.23. The molecule has 0 rings (SSSR count). The molecule has 0 heterocycles. The van der Waals surface area contributed by atoms with E-state index in [2.05, 4.69) is 39.5 Å². The standard InChI is InChI=1S/C14H26O2/c1-11(14(3,4)5)10-13(16)9-7-6-8-12(2)15/h11-13,15-16H,6,8,10H2,1-5H3. The third-order valence-electron chi connectivity index (χ3n) is 3.01. The second-order valence-corrected chi connectivity index (χ2v) is 5.73. The van der Waals surface area contributed by atoms with Gasteiger partial charge in [-0.15, -0.1) is 5.92 Å². The van der Waals surface area contributed by atoms with Crippen molar-refractivity contribution in [3.05, 3.63) is 0 Å². The summed E-state index contributed by atoms with van der Waals surface area (Å²) in [6, 6.07) is 0. The van der Waals surface area contributed by atoms with Gasteiger partial charge in [-0.05, 0) is 31.1 Å². The Morgan fingerprint density at radius 2 is 1.69 bits per heavy atom. The van der Waals surface area contributed by atoms with E-state index in [0.717, 1.165) is 0 Å². The lowest BCUT2D eigenvalue weighted by Gasteiger charge is -2.27. The Balaban J connectivity index is 3.94. The largest absolute Gasteiger partial charge is 0.393 e. The van der Waals surface area contributed by atoms with Crippen LogP contribution < -0.4 is 0 Å². The molecule has 0 bridgehead atoms. The molecule has 3 atom stereocenters. The van der Waals surface area contributed by atoms with Gasteiger partial charge in [-0.2, -0.15) is 0 Å². The molecule has 0 aromatic carbocycles. The molecule has 94 valence electrons. The zero-order valence-corrected chi connectivity index (χ0v) is 11.2. The average molecular weight is 226 g/mol.